The number of ether oxygens (including phenoxy) is 4. The first kappa shape index (κ1) is 105. The average molecular weight is 1560 g/mol. The van der Waals surface area contributed by atoms with Crippen molar-refractivity contribution >= 4 is 39.5 Å². The zero-order valence-electron chi connectivity index (χ0n) is 70.3. The highest BCUT2D eigenvalue weighted by Crippen LogP contribution is 2.45. The molecule has 5 atom stereocenters. The second kappa shape index (κ2) is 80.7. The fourth-order valence-electron chi connectivity index (χ4n) is 13.8. The lowest BCUT2D eigenvalue weighted by atomic mass is 10.0. The Balaban J connectivity index is 5.25. The monoisotopic (exact) mass is 1560 g/mol. The average Bonchev–Trinajstić information content (AvgIpc) is 0.903. The second-order valence-corrected chi connectivity index (χ2v) is 35.0. The van der Waals surface area contributed by atoms with E-state index in [4.69, 9.17) is 37.0 Å². The molecule has 0 saturated carbocycles. The summed E-state index contributed by atoms with van der Waals surface area (Å²) >= 11 is 0. The number of rotatable bonds is 88. The lowest BCUT2D eigenvalue weighted by Gasteiger charge is -2.21. The molecule has 0 bridgehead atoms. The van der Waals surface area contributed by atoms with Crippen LogP contribution in [0.3, 0.4) is 0 Å². The number of unbranched alkanes of at least 4 members (excludes halogenated alkanes) is 60. The summed E-state index contributed by atoms with van der Waals surface area (Å²) in [5.41, 5.74) is 0. The zero-order valence-corrected chi connectivity index (χ0v) is 72.1. The van der Waals surface area contributed by atoms with Gasteiger partial charge in [-0.25, -0.2) is 9.13 Å². The number of carbonyl (C=O) groups is 4. The van der Waals surface area contributed by atoms with Crippen molar-refractivity contribution in [3.63, 3.8) is 0 Å². The molecule has 0 saturated heterocycles. The SMILES string of the molecule is CCCCCCCCCCCCCCCCCCCCCC(=O)O[C@H](COC(=O)CCCCCCCCCCCCCCCCCC(C)C)COP(=O)(O)OC[C@@H](O)COP(=O)(O)OC[C@@H](COC(=O)CCCCCCCCCCCCCC)OC(=O)CCCCCCCCCCCCCCCCCCCC. The topological polar surface area (TPSA) is 237 Å². The van der Waals surface area contributed by atoms with Crippen LogP contribution in [0, 0.1) is 5.92 Å². The molecule has 0 aromatic heterocycles. The minimum absolute atomic E-state index is 0.109. The van der Waals surface area contributed by atoms with Crippen molar-refractivity contribution in [1.82, 2.24) is 0 Å². The van der Waals surface area contributed by atoms with Crippen LogP contribution in [0.5, 0.6) is 0 Å². The molecule has 636 valence electrons. The number of aliphatic hydroxyl groups excluding tert-OH is 1. The molecule has 107 heavy (non-hydrogen) atoms. The molecule has 0 aliphatic rings. The molecule has 19 heteroatoms. The van der Waals surface area contributed by atoms with E-state index in [0.717, 1.165) is 95.8 Å². The van der Waals surface area contributed by atoms with Gasteiger partial charge in [0, 0.05) is 25.7 Å². The summed E-state index contributed by atoms with van der Waals surface area (Å²) in [4.78, 5) is 73.3. The first-order valence-corrected chi connectivity index (χ1v) is 48.6. The Kier molecular flexibility index (Phi) is 79.2. The van der Waals surface area contributed by atoms with Crippen LogP contribution in [0.25, 0.3) is 0 Å². The Morgan fingerprint density at radius 2 is 0.430 bits per heavy atom. The first-order valence-electron chi connectivity index (χ1n) is 45.6. The Hall–Kier alpha value is -1.94. The van der Waals surface area contributed by atoms with Crippen molar-refractivity contribution < 1.29 is 80.2 Å². The third kappa shape index (κ3) is 81.9. The normalized spacial score (nSPS) is 13.7. The summed E-state index contributed by atoms with van der Waals surface area (Å²) in [7, 11) is -9.93. The van der Waals surface area contributed by atoms with E-state index >= 15 is 0 Å². The summed E-state index contributed by atoms with van der Waals surface area (Å²) < 4.78 is 69.0. The molecule has 3 N–H and O–H groups in total. The summed E-state index contributed by atoms with van der Waals surface area (Å²) in [6.45, 7) is 7.41. The molecule has 0 rings (SSSR count). The molecule has 0 amide bonds. The van der Waals surface area contributed by atoms with Crippen molar-refractivity contribution in [1.29, 1.82) is 0 Å². The van der Waals surface area contributed by atoms with Crippen molar-refractivity contribution in [3.05, 3.63) is 0 Å². The van der Waals surface area contributed by atoms with E-state index in [2.05, 4.69) is 34.6 Å². The number of hydrogen-bond donors (Lipinski definition) is 3. The van der Waals surface area contributed by atoms with Crippen molar-refractivity contribution in [2.24, 2.45) is 5.92 Å². The van der Waals surface area contributed by atoms with E-state index in [0.29, 0.717) is 25.7 Å². The van der Waals surface area contributed by atoms with Gasteiger partial charge in [-0.3, -0.25) is 37.3 Å². The number of hydrogen-bond acceptors (Lipinski definition) is 15. The Labute approximate surface area is 658 Å². The summed E-state index contributed by atoms with van der Waals surface area (Å²) in [5.74, 6) is -1.29. The fraction of sp³-hybridized carbons (Fsp3) is 0.955. The van der Waals surface area contributed by atoms with Crippen molar-refractivity contribution in [2.75, 3.05) is 39.6 Å². The molecule has 0 fully saturated rings. The van der Waals surface area contributed by atoms with Crippen LogP contribution in [-0.2, 0) is 65.4 Å². The lowest BCUT2D eigenvalue weighted by molar-refractivity contribution is -0.161. The van der Waals surface area contributed by atoms with Gasteiger partial charge in [0.2, 0.25) is 0 Å². The van der Waals surface area contributed by atoms with Crippen LogP contribution in [0.1, 0.15) is 478 Å². The summed E-state index contributed by atoms with van der Waals surface area (Å²) in [6.07, 6.45) is 74.9. The molecule has 0 aliphatic heterocycles. The van der Waals surface area contributed by atoms with Crippen molar-refractivity contribution in [2.45, 2.75) is 496 Å². The first-order chi connectivity index (χ1) is 52.0. The van der Waals surface area contributed by atoms with Crippen LogP contribution in [0.2, 0.25) is 0 Å². The Morgan fingerprint density at radius 1 is 0.252 bits per heavy atom. The molecule has 0 aromatic carbocycles. The van der Waals surface area contributed by atoms with E-state index in [-0.39, 0.29) is 25.7 Å². The Bertz CT molecular complexity index is 2030. The van der Waals surface area contributed by atoms with Crippen molar-refractivity contribution in [3.8, 4) is 0 Å². The van der Waals surface area contributed by atoms with Gasteiger partial charge in [-0.15, -0.1) is 0 Å². The van der Waals surface area contributed by atoms with Crippen LogP contribution in [-0.4, -0.2) is 96.7 Å². The van der Waals surface area contributed by atoms with Gasteiger partial charge in [-0.1, -0.05) is 426 Å². The van der Waals surface area contributed by atoms with Gasteiger partial charge >= 0.3 is 39.5 Å². The van der Waals surface area contributed by atoms with E-state index in [1.807, 2.05) is 0 Å². The maximum Gasteiger partial charge on any atom is 0.472 e. The van der Waals surface area contributed by atoms with Gasteiger partial charge in [-0.05, 0) is 31.6 Å². The molecule has 17 nitrogen and oxygen atoms in total. The fourth-order valence-corrected chi connectivity index (χ4v) is 15.4. The molecule has 0 heterocycles. The quantitative estimate of drug-likeness (QED) is 0.0222. The highest BCUT2D eigenvalue weighted by molar-refractivity contribution is 7.47. The summed E-state index contributed by atoms with van der Waals surface area (Å²) in [5, 5.41) is 10.7. The lowest BCUT2D eigenvalue weighted by Crippen LogP contribution is -2.30. The molecule has 0 aliphatic carbocycles. The van der Waals surface area contributed by atoms with Crippen LogP contribution in [0.4, 0.5) is 0 Å². The molecule has 0 radical (unpaired) electrons. The highest BCUT2D eigenvalue weighted by Gasteiger charge is 2.30. The standard InChI is InChI=1S/C88H172O17P2/c1-6-9-12-15-18-21-24-27-29-31-33-35-39-44-49-54-59-64-69-74-88(93)105-84(78-99-86(91)72-67-62-57-52-47-42-40-36-37-41-45-50-55-60-65-70-81(4)5)80-103-107(96,97)101-76-82(89)75-100-106(94,95)102-79-83(77-98-85(90)71-66-61-56-51-46-26-23-20-17-14-11-8-3)104-87(92)73-68-63-58-53-48-43-38-34-32-30-28-25-22-19-16-13-10-7-2/h81-84,89H,6-80H2,1-5H3,(H,94,95)(H,96,97)/t82-,83+,84+/m0/s1. The molecular formula is C88H172O17P2. The maximum atomic E-state index is 13.2. The van der Waals surface area contributed by atoms with Gasteiger partial charge < -0.3 is 33.8 Å². The maximum absolute atomic E-state index is 13.2. The largest absolute Gasteiger partial charge is 0.472 e. The summed E-state index contributed by atoms with van der Waals surface area (Å²) in [6, 6.07) is 0. The van der Waals surface area contributed by atoms with Crippen LogP contribution in [0.15, 0.2) is 0 Å². The number of carbonyl (C=O) groups excluding carboxylic acids is 4. The van der Waals surface area contributed by atoms with Gasteiger partial charge in [0.1, 0.15) is 19.3 Å². The van der Waals surface area contributed by atoms with E-state index in [9.17, 15) is 43.2 Å². The van der Waals surface area contributed by atoms with E-state index in [1.165, 1.54) is 302 Å². The zero-order chi connectivity index (χ0) is 78.3. The van der Waals surface area contributed by atoms with Gasteiger partial charge in [0.05, 0.1) is 26.4 Å². The third-order valence-electron chi connectivity index (χ3n) is 20.8. The number of aliphatic hydroxyl groups is 1. The van der Waals surface area contributed by atoms with Crippen LogP contribution >= 0.6 is 15.6 Å². The smallest absolute Gasteiger partial charge is 0.462 e. The van der Waals surface area contributed by atoms with E-state index < -0.39 is 97.5 Å². The highest BCUT2D eigenvalue weighted by atomic mass is 31.2. The number of esters is 4. The van der Waals surface area contributed by atoms with E-state index in [1.54, 1.807) is 0 Å². The van der Waals surface area contributed by atoms with Gasteiger partial charge in [0.15, 0.2) is 12.2 Å². The number of phosphoric ester groups is 2. The van der Waals surface area contributed by atoms with Gasteiger partial charge in [-0.2, -0.15) is 0 Å². The molecular weight excluding hydrogens is 1390 g/mol. The second-order valence-electron chi connectivity index (χ2n) is 32.1. The van der Waals surface area contributed by atoms with Gasteiger partial charge in [0.25, 0.3) is 0 Å². The van der Waals surface area contributed by atoms with Crippen LogP contribution < -0.4 is 0 Å². The minimum Gasteiger partial charge on any atom is -0.462 e. The number of phosphoric acid groups is 2. The molecule has 0 spiro atoms. The minimum atomic E-state index is -4.97. The predicted molar refractivity (Wildman–Crippen MR) is 442 cm³/mol. The predicted octanol–water partition coefficient (Wildman–Crippen LogP) is 27.2. The third-order valence-corrected chi connectivity index (χ3v) is 22.7. The Morgan fingerprint density at radius 3 is 0.636 bits per heavy atom. The molecule has 0 aromatic rings. The molecule has 2 unspecified atom stereocenters.